The molecule has 3 nitrogen and oxygen atoms in total. The van der Waals surface area contributed by atoms with Crippen LogP contribution in [-0.4, -0.2) is 6.03 Å². The Morgan fingerprint density at radius 1 is 1.25 bits per heavy atom. The van der Waals surface area contributed by atoms with Gasteiger partial charge in [0, 0.05) is 12.4 Å². The molecule has 0 aliphatic heterocycles. The molecule has 0 aliphatic rings. The van der Waals surface area contributed by atoms with Gasteiger partial charge in [0.25, 0.3) is 0 Å². The Morgan fingerprint density at radius 3 is 2.56 bits per heavy atom. The maximum Gasteiger partial charge on any atom is 0.322 e. The molecular weight excluding hydrogens is 200 g/mol. The van der Waals surface area contributed by atoms with Crippen LogP contribution in [0.15, 0.2) is 24.6 Å². The molecule has 0 rings (SSSR count). The number of urea groups is 1. The molecule has 92 valence electrons. The Morgan fingerprint density at radius 2 is 1.94 bits per heavy atom. The number of unbranched alkanes of at least 4 members (excludes halogenated alkanes) is 2. The zero-order valence-corrected chi connectivity index (χ0v) is 10.6. The predicted molar refractivity (Wildman–Crippen MR) is 68.9 cm³/mol. The van der Waals surface area contributed by atoms with Crippen LogP contribution in [0, 0.1) is 5.92 Å². The van der Waals surface area contributed by atoms with Gasteiger partial charge < -0.3 is 10.6 Å². The van der Waals surface area contributed by atoms with Crippen LogP contribution in [-0.2, 0) is 0 Å². The van der Waals surface area contributed by atoms with Gasteiger partial charge in [0.15, 0.2) is 0 Å². The summed E-state index contributed by atoms with van der Waals surface area (Å²) in [5.74, 6) is 0.500. The Balaban J connectivity index is 3.59. The third kappa shape index (κ3) is 9.31. The van der Waals surface area contributed by atoms with E-state index in [1.54, 1.807) is 12.4 Å². The minimum atomic E-state index is -0.188. The van der Waals surface area contributed by atoms with Crippen LogP contribution >= 0.6 is 0 Å². The third-order valence-electron chi connectivity index (χ3n) is 2.34. The molecule has 2 N–H and O–H groups in total. The number of allylic oxidation sites excluding steroid dienone is 2. The van der Waals surface area contributed by atoms with Gasteiger partial charge in [-0.1, -0.05) is 52.2 Å². The lowest BCUT2D eigenvalue weighted by Gasteiger charge is -2.01. The summed E-state index contributed by atoms with van der Waals surface area (Å²) < 4.78 is 0. The van der Waals surface area contributed by atoms with Crippen molar-refractivity contribution in [2.75, 3.05) is 0 Å². The molecule has 0 heterocycles. The van der Waals surface area contributed by atoms with E-state index < -0.39 is 0 Å². The first-order chi connectivity index (χ1) is 7.70. The van der Waals surface area contributed by atoms with Crippen LogP contribution in [0.4, 0.5) is 4.79 Å². The van der Waals surface area contributed by atoms with Gasteiger partial charge in [-0.15, -0.1) is 0 Å². The predicted octanol–water partition coefficient (Wildman–Crippen LogP) is 3.55. The molecule has 0 aromatic heterocycles. The van der Waals surface area contributed by atoms with Gasteiger partial charge in [-0.05, 0) is 12.3 Å². The van der Waals surface area contributed by atoms with E-state index in [0.29, 0.717) is 5.92 Å². The van der Waals surface area contributed by atoms with E-state index in [1.165, 1.54) is 6.42 Å². The Labute approximate surface area is 99.0 Å². The highest BCUT2D eigenvalue weighted by Crippen LogP contribution is 2.00. The number of hydrogen-bond acceptors (Lipinski definition) is 1. The summed E-state index contributed by atoms with van der Waals surface area (Å²) in [5, 5.41) is 5.31. The number of hydrogen-bond donors (Lipinski definition) is 2. The lowest BCUT2D eigenvalue weighted by Crippen LogP contribution is -2.27. The molecule has 0 spiro atoms. The average molecular weight is 224 g/mol. The fourth-order valence-electron chi connectivity index (χ4n) is 1.01. The highest BCUT2D eigenvalue weighted by molar-refractivity contribution is 5.75. The molecular formula is C13H24N2O. The number of carbonyl (C=O) groups is 1. The fourth-order valence-corrected chi connectivity index (χ4v) is 1.01. The van der Waals surface area contributed by atoms with Crippen LogP contribution in [0.2, 0.25) is 0 Å². The van der Waals surface area contributed by atoms with Crippen molar-refractivity contribution in [2.45, 2.75) is 46.5 Å². The van der Waals surface area contributed by atoms with E-state index in [2.05, 4.69) is 31.4 Å². The molecule has 0 fully saturated rings. The lowest BCUT2D eigenvalue weighted by atomic mass is 10.1. The van der Waals surface area contributed by atoms with Gasteiger partial charge in [0.2, 0.25) is 0 Å². The summed E-state index contributed by atoms with van der Waals surface area (Å²) in [6.45, 7) is 6.37. The number of amides is 2. The molecule has 0 radical (unpaired) electrons. The standard InChI is InChI=1S/C13H24N2O/c1-4-6-7-8-10-14-13(16)15-11-9-12(3)5-2/h8-12H,4-7H2,1-3H3,(H2,14,15,16)/b10-8-,11-9-. The number of nitrogens with one attached hydrogen (secondary N) is 2. The SMILES string of the molecule is CCCC/C=C\NC(=O)N/C=C\C(C)CC. The molecule has 0 aromatic carbocycles. The zero-order valence-electron chi connectivity index (χ0n) is 10.6. The lowest BCUT2D eigenvalue weighted by molar-refractivity contribution is 0.247. The van der Waals surface area contributed by atoms with Crippen molar-refractivity contribution < 1.29 is 4.79 Å². The monoisotopic (exact) mass is 224 g/mol. The van der Waals surface area contributed by atoms with Crippen molar-refractivity contribution in [2.24, 2.45) is 5.92 Å². The van der Waals surface area contributed by atoms with Gasteiger partial charge >= 0.3 is 6.03 Å². The van der Waals surface area contributed by atoms with Crippen molar-refractivity contribution in [3.05, 3.63) is 24.6 Å². The molecule has 1 atom stereocenters. The third-order valence-corrected chi connectivity index (χ3v) is 2.34. The first kappa shape index (κ1) is 14.8. The van der Waals surface area contributed by atoms with Crippen LogP contribution in [0.5, 0.6) is 0 Å². The van der Waals surface area contributed by atoms with Crippen LogP contribution in [0.1, 0.15) is 46.5 Å². The second-order valence-electron chi connectivity index (χ2n) is 3.91. The van der Waals surface area contributed by atoms with E-state index in [4.69, 9.17) is 0 Å². The van der Waals surface area contributed by atoms with E-state index >= 15 is 0 Å². The molecule has 2 amide bonds. The van der Waals surface area contributed by atoms with Crippen LogP contribution in [0.25, 0.3) is 0 Å². The topological polar surface area (TPSA) is 41.1 Å². The number of carbonyl (C=O) groups excluding carboxylic acids is 1. The highest BCUT2D eigenvalue weighted by atomic mass is 16.2. The molecule has 0 saturated heterocycles. The van der Waals surface area contributed by atoms with Gasteiger partial charge in [0.05, 0.1) is 0 Å². The normalized spacial score (nSPS) is 13.2. The smallest absolute Gasteiger partial charge is 0.315 e. The first-order valence-electron chi connectivity index (χ1n) is 6.09. The van der Waals surface area contributed by atoms with Gasteiger partial charge in [-0.3, -0.25) is 0 Å². The number of rotatable bonds is 7. The van der Waals surface area contributed by atoms with Crippen LogP contribution in [0.3, 0.4) is 0 Å². The fraction of sp³-hybridized carbons (Fsp3) is 0.615. The summed E-state index contributed by atoms with van der Waals surface area (Å²) in [6.07, 6.45) is 11.8. The van der Waals surface area contributed by atoms with Gasteiger partial charge in [0.1, 0.15) is 0 Å². The second kappa shape index (κ2) is 10.3. The van der Waals surface area contributed by atoms with Crippen molar-refractivity contribution in [1.29, 1.82) is 0 Å². The van der Waals surface area contributed by atoms with Gasteiger partial charge in [-0.25, -0.2) is 4.79 Å². The summed E-state index contributed by atoms with van der Waals surface area (Å²) in [4.78, 5) is 11.2. The van der Waals surface area contributed by atoms with Crippen molar-refractivity contribution in [3.8, 4) is 0 Å². The minimum absolute atomic E-state index is 0.188. The Hall–Kier alpha value is -1.25. The molecule has 0 saturated carbocycles. The highest BCUT2D eigenvalue weighted by Gasteiger charge is 1.93. The van der Waals surface area contributed by atoms with Gasteiger partial charge in [-0.2, -0.15) is 0 Å². The molecule has 3 heteroatoms. The maximum absolute atomic E-state index is 11.2. The summed E-state index contributed by atoms with van der Waals surface area (Å²) in [7, 11) is 0. The van der Waals surface area contributed by atoms with Crippen molar-refractivity contribution >= 4 is 6.03 Å². The summed E-state index contributed by atoms with van der Waals surface area (Å²) in [6, 6.07) is -0.188. The first-order valence-corrected chi connectivity index (χ1v) is 6.09. The molecule has 16 heavy (non-hydrogen) atoms. The van der Waals surface area contributed by atoms with Crippen molar-refractivity contribution in [1.82, 2.24) is 10.6 Å². The van der Waals surface area contributed by atoms with E-state index in [1.807, 2.05) is 12.2 Å². The largest absolute Gasteiger partial charge is 0.322 e. The van der Waals surface area contributed by atoms with Crippen LogP contribution < -0.4 is 10.6 Å². The second-order valence-corrected chi connectivity index (χ2v) is 3.91. The van der Waals surface area contributed by atoms with E-state index in [0.717, 1.165) is 19.3 Å². The quantitative estimate of drug-likeness (QED) is 0.638. The van der Waals surface area contributed by atoms with E-state index in [-0.39, 0.29) is 6.03 Å². The molecule has 0 aromatic rings. The summed E-state index contributed by atoms with van der Waals surface area (Å²) >= 11 is 0. The minimum Gasteiger partial charge on any atom is -0.315 e. The zero-order chi connectivity index (χ0) is 12.2. The Bertz CT molecular complexity index is 234. The van der Waals surface area contributed by atoms with E-state index in [9.17, 15) is 4.79 Å². The molecule has 0 bridgehead atoms. The Kier molecular flexibility index (Phi) is 9.47. The average Bonchev–Trinajstić information content (AvgIpc) is 2.28. The molecule has 0 aliphatic carbocycles. The summed E-state index contributed by atoms with van der Waals surface area (Å²) in [5.41, 5.74) is 0. The van der Waals surface area contributed by atoms with Crippen molar-refractivity contribution in [3.63, 3.8) is 0 Å². The molecule has 1 unspecified atom stereocenters. The maximum atomic E-state index is 11.2.